The van der Waals surface area contributed by atoms with E-state index in [0.29, 0.717) is 0 Å². The van der Waals surface area contributed by atoms with Crippen LogP contribution in [-0.2, 0) is 11.6 Å². The van der Waals surface area contributed by atoms with Crippen LogP contribution in [-0.4, -0.2) is 0 Å². The van der Waals surface area contributed by atoms with Gasteiger partial charge in [-0.25, -0.2) is 0 Å². The second kappa shape index (κ2) is 3.73. The summed E-state index contributed by atoms with van der Waals surface area (Å²) in [6.07, 6.45) is 0.690. The Kier molecular flexibility index (Phi) is 2.49. The normalized spacial score (nSPS) is 25.7. The van der Waals surface area contributed by atoms with Gasteiger partial charge in [-0.3, -0.25) is 0 Å². The fourth-order valence-corrected chi connectivity index (χ4v) is 3.36. The third-order valence-corrected chi connectivity index (χ3v) is 4.60. The highest BCUT2D eigenvalue weighted by Crippen LogP contribution is 2.53. The summed E-state index contributed by atoms with van der Waals surface area (Å²) in [6.45, 7) is 0. The molecule has 0 aromatic heterocycles. The quantitative estimate of drug-likeness (QED) is 0.747. The highest BCUT2D eigenvalue weighted by atomic mass is 19.4. The van der Waals surface area contributed by atoms with Crippen molar-refractivity contribution in [2.45, 2.75) is 49.7 Å². The molecule has 1 fully saturated rings. The summed E-state index contributed by atoms with van der Waals surface area (Å²) in [7, 11) is 0. The number of rotatable bonds is 0. The van der Waals surface area contributed by atoms with Gasteiger partial charge in [-0.05, 0) is 54.4 Å². The summed E-state index contributed by atoms with van der Waals surface area (Å²) in [5.41, 5.74) is 7.26. The zero-order valence-electron chi connectivity index (χ0n) is 10.1. The Balaban J connectivity index is 2.11. The van der Waals surface area contributed by atoms with Gasteiger partial charge in [-0.2, -0.15) is 13.2 Å². The summed E-state index contributed by atoms with van der Waals surface area (Å²) >= 11 is 0. The maximum Gasteiger partial charge on any atom is 0.416 e. The predicted molar refractivity (Wildman–Crippen MR) is 63.1 cm³/mol. The number of fused-ring (bicyclic) bond motifs is 2. The predicted octanol–water partition coefficient (Wildman–Crippen LogP) is 3.92. The molecule has 1 saturated carbocycles. The van der Waals surface area contributed by atoms with E-state index in [-0.39, 0.29) is 11.5 Å². The van der Waals surface area contributed by atoms with Crippen LogP contribution in [0.4, 0.5) is 13.2 Å². The van der Waals surface area contributed by atoms with Crippen molar-refractivity contribution in [2.24, 2.45) is 5.73 Å². The SMILES string of the molecule is NC1CCC2(CCC2)c2cc(C(F)(F)F)ccc21. The van der Waals surface area contributed by atoms with Gasteiger partial charge in [0.1, 0.15) is 0 Å². The fourth-order valence-electron chi connectivity index (χ4n) is 3.36. The Morgan fingerprint density at radius 3 is 2.44 bits per heavy atom. The van der Waals surface area contributed by atoms with E-state index in [0.717, 1.165) is 49.3 Å². The van der Waals surface area contributed by atoms with Gasteiger partial charge < -0.3 is 5.73 Å². The minimum absolute atomic E-state index is 0.00748. The molecule has 0 heterocycles. The van der Waals surface area contributed by atoms with E-state index in [1.165, 1.54) is 6.07 Å². The van der Waals surface area contributed by atoms with E-state index in [4.69, 9.17) is 5.73 Å². The molecule has 1 unspecified atom stereocenters. The first kappa shape index (κ1) is 12.0. The molecule has 18 heavy (non-hydrogen) atoms. The van der Waals surface area contributed by atoms with Gasteiger partial charge in [-0.1, -0.05) is 12.5 Å². The number of halogens is 3. The van der Waals surface area contributed by atoms with Gasteiger partial charge in [0.15, 0.2) is 0 Å². The lowest BCUT2D eigenvalue weighted by atomic mass is 9.57. The zero-order valence-corrected chi connectivity index (χ0v) is 10.1. The maximum absolute atomic E-state index is 12.8. The van der Waals surface area contributed by atoms with E-state index < -0.39 is 11.7 Å². The standard InChI is InChI=1S/C14H16F3N/c15-14(16,17)9-2-3-10-11(8-9)13(5-1-6-13)7-4-12(10)18/h2-3,8,12H,1,4-7,18H2. The number of hydrogen-bond acceptors (Lipinski definition) is 1. The van der Waals surface area contributed by atoms with Gasteiger partial charge in [0, 0.05) is 6.04 Å². The van der Waals surface area contributed by atoms with Crippen molar-refractivity contribution in [2.75, 3.05) is 0 Å². The topological polar surface area (TPSA) is 26.0 Å². The van der Waals surface area contributed by atoms with Crippen molar-refractivity contribution in [3.8, 4) is 0 Å². The molecule has 3 rings (SSSR count). The highest BCUT2D eigenvalue weighted by molar-refractivity contribution is 5.43. The summed E-state index contributed by atoms with van der Waals surface area (Å²) < 4.78 is 38.4. The van der Waals surface area contributed by atoms with Crippen LogP contribution >= 0.6 is 0 Å². The number of nitrogens with two attached hydrogens (primary N) is 1. The highest BCUT2D eigenvalue weighted by Gasteiger charge is 2.44. The van der Waals surface area contributed by atoms with Crippen LogP contribution in [0.25, 0.3) is 0 Å². The molecule has 0 bridgehead atoms. The Morgan fingerprint density at radius 1 is 1.17 bits per heavy atom. The fraction of sp³-hybridized carbons (Fsp3) is 0.571. The molecule has 1 aromatic rings. The summed E-state index contributed by atoms with van der Waals surface area (Å²) in [5.74, 6) is 0. The van der Waals surface area contributed by atoms with Crippen molar-refractivity contribution < 1.29 is 13.2 Å². The van der Waals surface area contributed by atoms with Crippen molar-refractivity contribution in [1.82, 2.24) is 0 Å². The van der Waals surface area contributed by atoms with Crippen molar-refractivity contribution in [3.05, 3.63) is 34.9 Å². The smallest absolute Gasteiger partial charge is 0.324 e. The Labute approximate surface area is 104 Å². The van der Waals surface area contributed by atoms with E-state index in [9.17, 15) is 13.2 Å². The molecule has 98 valence electrons. The van der Waals surface area contributed by atoms with E-state index >= 15 is 0 Å². The molecule has 0 amide bonds. The average molecular weight is 255 g/mol. The lowest BCUT2D eigenvalue weighted by Gasteiger charge is -2.48. The number of alkyl halides is 3. The number of benzene rings is 1. The molecule has 0 radical (unpaired) electrons. The van der Waals surface area contributed by atoms with E-state index in [2.05, 4.69) is 0 Å². The molecular weight excluding hydrogens is 239 g/mol. The van der Waals surface area contributed by atoms with E-state index in [1.807, 2.05) is 0 Å². The van der Waals surface area contributed by atoms with Crippen LogP contribution in [0.3, 0.4) is 0 Å². The Hall–Kier alpha value is -1.03. The van der Waals surface area contributed by atoms with Crippen molar-refractivity contribution >= 4 is 0 Å². The second-order valence-corrected chi connectivity index (χ2v) is 5.58. The maximum atomic E-state index is 12.8. The third kappa shape index (κ3) is 1.66. The molecule has 1 aromatic carbocycles. The largest absolute Gasteiger partial charge is 0.416 e. The Morgan fingerprint density at radius 2 is 1.89 bits per heavy atom. The van der Waals surface area contributed by atoms with Crippen LogP contribution in [0.1, 0.15) is 54.8 Å². The lowest BCUT2D eigenvalue weighted by molar-refractivity contribution is -0.137. The van der Waals surface area contributed by atoms with Gasteiger partial charge in [-0.15, -0.1) is 0 Å². The summed E-state index contributed by atoms with van der Waals surface area (Å²) in [6, 6.07) is 3.99. The molecule has 1 nitrogen and oxygen atoms in total. The lowest BCUT2D eigenvalue weighted by Crippen LogP contribution is -2.40. The van der Waals surface area contributed by atoms with Gasteiger partial charge >= 0.3 is 6.18 Å². The summed E-state index contributed by atoms with van der Waals surface area (Å²) in [5, 5.41) is 0. The van der Waals surface area contributed by atoms with Gasteiger partial charge in [0.2, 0.25) is 0 Å². The van der Waals surface area contributed by atoms with Crippen LogP contribution in [0.2, 0.25) is 0 Å². The molecule has 0 aliphatic heterocycles. The molecule has 0 saturated heterocycles. The molecule has 1 spiro atoms. The van der Waals surface area contributed by atoms with Gasteiger partial charge in [0.05, 0.1) is 5.56 Å². The van der Waals surface area contributed by atoms with Gasteiger partial charge in [0.25, 0.3) is 0 Å². The first-order valence-electron chi connectivity index (χ1n) is 6.40. The monoisotopic (exact) mass is 255 g/mol. The van der Waals surface area contributed by atoms with Crippen LogP contribution < -0.4 is 5.73 Å². The van der Waals surface area contributed by atoms with Crippen molar-refractivity contribution in [3.63, 3.8) is 0 Å². The molecule has 2 aliphatic carbocycles. The summed E-state index contributed by atoms with van der Waals surface area (Å²) in [4.78, 5) is 0. The van der Waals surface area contributed by atoms with E-state index in [1.54, 1.807) is 6.07 Å². The molecule has 2 aliphatic rings. The average Bonchev–Trinajstić information content (AvgIpc) is 2.26. The minimum atomic E-state index is -4.26. The zero-order chi connectivity index (χ0) is 13.0. The molecule has 4 heteroatoms. The van der Waals surface area contributed by atoms with Crippen LogP contribution in [0, 0.1) is 0 Å². The molecular formula is C14H16F3N. The second-order valence-electron chi connectivity index (χ2n) is 5.58. The third-order valence-electron chi connectivity index (χ3n) is 4.60. The first-order chi connectivity index (χ1) is 8.42. The first-order valence-corrected chi connectivity index (χ1v) is 6.40. The number of hydrogen-bond donors (Lipinski definition) is 1. The van der Waals surface area contributed by atoms with Crippen molar-refractivity contribution in [1.29, 1.82) is 0 Å². The van der Waals surface area contributed by atoms with Crippen LogP contribution in [0.15, 0.2) is 18.2 Å². The molecule has 1 atom stereocenters. The van der Waals surface area contributed by atoms with Crippen LogP contribution in [0.5, 0.6) is 0 Å². The minimum Gasteiger partial charge on any atom is -0.324 e. The Bertz CT molecular complexity index is 474. The molecule has 2 N–H and O–H groups in total.